The van der Waals surface area contributed by atoms with Crippen molar-refractivity contribution >= 4 is 88.1 Å². The summed E-state index contributed by atoms with van der Waals surface area (Å²) in [7, 11) is -9.17. The Morgan fingerprint density at radius 3 is 1.24 bits per heavy atom. The van der Waals surface area contributed by atoms with Crippen molar-refractivity contribution in [3.8, 4) is 45.3 Å². The molecule has 4 aromatic heterocycles. The average Bonchev–Trinajstić information content (AvgIpc) is 1.59. The Balaban J connectivity index is 0.000000171. The monoisotopic (exact) mass is 1660 g/mol. The van der Waals surface area contributed by atoms with E-state index >= 15 is 8.78 Å². The fourth-order valence-electron chi connectivity index (χ4n) is 16.6. The maximum absolute atomic E-state index is 15.1. The lowest BCUT2D eigenvalue weighted by Gasteiger charge is -2.28. The molecule has 26 nitrogen and oxygen atoms in total. The van der Waals surface area contributed by atoms with Gasteiger partial charge in [0.2, 0.25) is 0 Å². The SMILES string of the molecule is O=C(NS(=O)(=O)c1ccc(NCC2CCOCC2)c([N+](=O)[O-])c1)c1ccc(-c2ccc(N3C[C@@H](F)C[C@H]3c3ccccc3C3CC3)cc2)cc1Oc1cnc2[nH]ccc2c1.O=C(NS(=O)(=O)c1ccc(NCC2CCOCC2)c([N+](=O)[O-])c1)c1ccc(-c2ccc(N3C[C@H](F)C[C@@H]3c3ccccc3C3CC3)cc2)cc1Oc1cnc2[nH]ccc2c1. The van der Waals surface area contributed by atoms with Crippen molar-refractivity contribution in [3.05, 3.63) is 273 Å². The van der Waals surface area contributed by atoms with Gasteiger partial charge in [0.1, 0.15) is 58.0 Å². The smallest absolute Gasteiger partial charge is 0.293 e. The first kappa shape index (κ1) is 79.8. The third kappa shape index (κ3) is 17.9. The van der Waals surface area contributed by atoms with E-state index in [9.17, 15) is 46.7 Å². The maximum atomic E-state index is 15.1. The van der Waals surface area contributed by atoms with Crippen molar-refractivity contribution in [2.45, 2.75) is 110 Å². The van der Waals surface area contributed by atoms with Crippen LogP contribution in [0.2, 0.25) is 0 Å². The van der Waals surface area contributed by atoms with Crippen molar-refractivity contribution in [1.82, 2.24) is 29.4 Å². The number of fused-ring (bicyclic) bond motifs is 2. The molecule has 2 aliphatic carbocycles. The number of rotatable bonds is 26. The molecule has 6 fully saturated rings. The number of hydrogen-bond acceptors (Lipinski definition) is 20. The first-order valence-electron chi connectivity index (χ1n) is 40.2. The number of benzene rings is 8. The van der Waals surface area contributed by atoms with Crippen molar-refractivity contribution in [1.29, 1.82) is 0 Å². The van der Waals surface area contributed by atoms with Gasteiger partial charge >= 0.3 is 0 Å². The van der Waals surface area contributed by atoms with E-state index in [2.05, 4.69) is 86.2 Å². The van der Waals surface area contributed by atoms with E-state index in [4.69, 9.17) is 18.9 Å². The highest BCUT2D eigenvalue weighted by molar-refractivity contribution is 7.90. The number of nitrogens with zero attached hydrogens (tertiary/aromatic N) is 6. The number of alkyl halides is 2. The Bertz CT molecular complexity index is 5730. The number of halogens is 2. The molecular formula is C90H86F2N12O14S2. The average molecular weight is 1660 g/mol. The number of H-pyrrole nitrogens is 2. The van der Waals surface area contributed by atoms with Gasteiger partial charge in [-0.25, -0.2) is 45.0 Å². The number of nitro groups is 2. The highest BCUT2D eigenvalue weighted by Gasteiger charge is 2.40. The fourth-order valence-corrected chi connectivity index (χ4v) is 18.5. The second-order valence-corrected chi connectivity index (χ2v) is 34.7. The zero-order valence-electron chi connectivity index (χ0n) is 65.1. The van der Waals surface area contributed by atoms with Gasteiger partial charge in [0.25, 0.3) is 43.2 Å². The maximum Gasteiger partial charge on any atom is 0.293 e. The predicted octanol–water partition coefficient (Wildman–Crippen LogP) is 18.1. The minimum Gasteiger partial charge on any atom is -0.455 e. The summed E-state index contributed by atoms with van der Waals surface area (Å²) in [4.78, 5) is 68.8. The number of pyridine rings is 2. The van der Waals surface area contributed by atoms with E-state index in [-0.39, 0.29) is 71.0 Å². The van der Waals surface area contributed by atoms with Crippen LogP contribution in [0, 0.1) is 32.1 Å². The first-order valence-corrected chi connectivity index (χ1v) is 43.2. The van der Waals surface area contributed by atoms with Crippen molar-refractivity contribution in [3.63, 3.8) is 0 Å². The number of anilines is 4. The van der Waals surface area contributed by atoms with Crippen LogP contribution in [0.3, 0.4) is 0 Å². The second-order valence-electron chi connectivity index (χ2n) is 31.3. The molecule has 8 heterocycles. The summed E-state index contributed by atoms with van der Waals surface area (Å²) in [6, 6.07) is 55.8. The minimum absolute atomic E-state index is 0.0520. The Morgan fingerprint density at radius 1 is 0.475 bits per heavy atom. The van der Waals surface area contributed by atoms with E-state index in [0.29, 0.717) is 98.1 Å². The lowest BCUT2D eigenvalue weighted by Crippen LogP contribution is -2.31. The number of aromatic amines is 2. The minimum atomic E-state index is -4.59. The highest BCUT2D eigenvalue weighted by Crippen LogP contribution is 2.50. The molecule has 30 heteroatoms. The molecule has 12 aromatic rings. The van der Waals surface area contributed by atoms with Crippen molar-refractivity contribution < 1.29 is 64.0 Å². The summed E-state index contributed by atoms with van der Waals surface area (Å²) in [6.45, 7) is 3.98. The molecule has 6 aliphatic rings. The standard InChI is InChI=1S/2C45H43FN6O7S/c2*46-33-23-41(38-4-2-1-3-37(38)30-5-6-30)51(27-33)34-10-7-29(8-11-34)31-9-13-39(43(22-31)59-35-21-32-15-18-47-44(32)49-26-35)45(53)50-60(56,57)36-12-14-40(42(24-36)52(54)55)48-25-28-16-19-58-20-17-28/h2*1-4,7-15,18,21-22,24,26,28,30,33,41,48H,5-6,16-17,19-20,23,25,27H2,(H,47,49)(H,50,53)/t2*33-,41-/m10/s1. The lowest BCUT2D eigenvalue weighted by atomic mass is 9.95. The van der Waals surface area contributed by atoms with Gasteiger partial charge in [-0.3, -0.25) is 29.8 Å². The first-order chi connectivity index (χ1) is 58.2. The van der Waals surface area contributed by atoms with E-state index in [0.717, 1.165) is 96.8 Å². The zero-order valence-corrected chi connectivity index (χ0v) is 66.7. The van der Waals surface area contributed by atoms with Gasteiger partial charge in [0.05, 0.1) is 55.2 Å². The Kier molecular flexibility index (Phi) is 22.9. The molecule has 0 spiro atoms. The third-order valence-corrected chi connectivity index (χ3v) is 25.9. The quantitative estimate of drug-likeness (QED) is 0.0217. The number of sulfonamides is 2. The molecule has 6 N–H and O–H groups in total. The molecule has 4 saturated heterocycles. The van der Waals surface area contributed by atoms with Gasteiger partial charge in [-0.05, 0) is 217 Å². The van der Waals surface area contributed by atoms with Crippen LogP contribution in [-0.2, 0) is 29.5 Å². The van der Waals surface area contributed by atoms with Gasteiger partial charge in [-0.15, -0.1) is 0 Å². The molecule has 0 radical (unpaired) electrons. The number of carbonyl (C=O) groups excluding carboxylic acids is 2. The molecule has 0 unspecified atom stereocenters. The Labute approximate surface area is 690 Å². The number of aromatic nitrogens is 4. The van der Waals surface area contributed by atoms with Crippen LogP contribution in [0.4, 0.5) is 42.9 Å². The third-order valence-electron chi connectivity index (χ3n) is 23.2. The molecule has 0 bridgehead atoms. The van der Waals surface area contributed by atoms with E-state index in [1.165, 1.54) is 71.0 Å². The number of carbonyl (C=O) groups is 2. The summed E-state index contributed by atoms with van der Waals surface area (Å²) in [5.41, 5.74) is 10.2. The molecule has 616 valence electrons. The van der Waals surface area contributed by atoms with Crippen LogP contribution >= 0.6 is 0 Å². The molecule has 4 atom stereocenters. The summed E-state index contributed by atoms with van der Waals surface area (Å²) >= 11 is 0. The zero-order chi connectivity index (χ0) is 82.8. The van der Waals surface area contributed by atoms with Crippen LogP contribution < -0.4 is 39.4 Å². The van der Waals surface area contributed by atoms with E-state index < -0.39 is 75.2 Å². The Morgan fingerprint density at radius 2 is 0.858 bits per heavy atom. The van der Waals surface area contributed by atoms with Crippen molar-refractivity contribution in [2.24, 2.45) is 11.8 Å². The molecule has 2 saturated carbocycles. The van der Waals surface area contributed by atoms with Gasteiger partial charge in [0.15, 0.2) is 0 Å². The van der Waals surface area contributed by atoms with Crippen LogP contribution in [0.25, 0.3) is 44.3 Å². The molecule has 4 aliphatic heterocycles. The normalized spacial score (nSPS) is 18.4. The van der Waals surface area contributed by atoms with Crippen LogP contribution in [-0.4, -0.2) is 123 Å². The highest BCUT2D eigenvalue weighted by atomic mass is 32.2. The van der Waals surface area contributed by atoms with E-state index in [1.807, 2.05) is 72.8 Å². The van der Waals surface area contributed by atoms with Gasteiger partial charge < -0.3 is 49.3 Å². The molecule has 18 rings (SSSR count). The van der Waals surface area contributed by atoms with Crippen molar-refractivity contribution in [2.75, 3.05) is 73.0 Å². The summed E-state index contributed by atoms with van der Waals surface area (Å²) in [5, 5.41) is 31.8. The molecule has 2 amide bonds. The number of nitro benzene ring substituents is 2. The topological polar surface area (TPSA) is 338 Å². The lowest BCUT2D eigenvalue weighted by molar-refractivity contribution is -0.384. The van der Waals surface area contributed by atoms with Crippen LogP contribution in [0.5, 0.6) is 23.0 Å². The number of nitrogens with one attached hydrogen (secondary N) is 6. The van der Waals surface area contributed by atoms with E-state index in [1.54, 1.807) is 48.8 Å². The van der Waals surface area contributed by atoms with Crippen LogP contribution in [0.15, 0.2) is 229 Å². The number of amides is 2. The summed E-state index contributed by atoms with van der Waals surface area (Å²) < 4.78 is 112. The number of hydrogen-bond donors (Lipinski definition) is 6. The van der Waals surface area contributed by atoms with Crippen LogP contribution in [0.1, 0.15) is 131 Å². The largest absolute Gasteiger partial charge is 0.455 e. The second kappa shape index (κ2) is 34.4. The number of ether oxygens (including phenoxy) is 4. The Hall–Kier alpha value is -12.6. The summed E-state index contributed by atoms with van der Waals surface area (Å²) in [6.07, 6.45) is 13.3. The predicted molar refractivity (Wildman–Crippen MR) is 452 cm³/mol. The van der Waals surface area contributed by atoms with Gasteiger partial charge in [-0.1, -0.05) is 84.9 Å². The molecular weight excluding hydrogens is 1580 g/mol. The van der Waals surface area contributed by atoms with Gasteiger partial charge in [-0.2, -0.15) is 0 Å². The summed E-state index contributed by atoms with van der Waals surface area (Å²) in [5.74, 6) is 0.306. The van der Waals surface area contributed by atoms with Gasteiger partial charge in [0, 0.05) is 112 Å². The molecule has 120 heavy (non-hydrogen) atoms. The fraction of sp³-hybridized carbons (Fsp3) is 0.289. The molecule has 8 aromatic carbocycles.